The number of hydrogen-bond acceptors (Lipinski definition) is 3. The van der Waals surface area contributed by atoms with E-state index in [1.54, 1.807) is 0 Å². The van der Waals surface area contributed by atoms with Gasteiger partial charge in [0.25, 0.3) is 0 Å². The van der Waals surface area contributed by atoms with Crippen molar-refractivity contribution in [3.63, 3.8) is 0 Å². The maximum atomic E-state index is 13.4. The number of aliphatic hydroxyl groups is 1. The average molecular weight is 352 g/mol. The molecule has 2 N–H and O–H groups in total. The van der Waals surface area contributed by atoms with Crippen LogP contribution in [0.15, 0.2) is 27.6 Å². The van der Waals surface area contributed by atoms with Gasteiger partial charge in [0.2, 0.25) is 10.0 Å². The summed E-state index contributed by atoms with van der Waals surface area (Å²) in [4.78, 5) is -0.0840. The standard InChI is InChI=1S/C12H15BrFNO3S/c13-11-6-5-10(7-12(11)14)19(17,18)15-8-1-3-9(16)4-2-8/h5-9,15-16H,1-4H2. The zero-order valence-electron chi connectivity index (χ0n) is 10.1. The molecular formula is C12H15BrFNO3S. The van der Waals surface area contributed by atoms with E-state index in [4.69, 9.17) is 0 Å². The molecule has 0 heterocycles. The van der Waals surface area contributed by atoms with E-state index < -0.39 is 15.8 Å². The Morgan fingerprint density at radius 3 is 2.47 bits per heavy atom. The largest absolute Gasteiger partial charge is 0.393 e. The minimum absolute atomic E-state index is 0.0840. The molecule has 19 heavy (non-hydrogen) atoms. The first-order valence-corrected chi connectivity index (χ1v) is 8.31. The average Bonchev–Trinajstić information content (AvgIpc) is 2.35. The SMILES string of the molecule is O=S(=O)(NC1CCC(O)CC1)c1ccc(Br)c(F)c1. The topological polar surface area (TPSA) is 66.4 Å². The van der Waals surface area contributed by atoms with Crippen molar-refractivity contribution in [1.82, 2.24) is 4.72 Å². The zero-order valence-corrected chi connectivity index (χ0v) is 12.5. The Kier molecular flexibility index (Phi) is 4.60. The lowest BCUT2D eigenvalue weighted by molar-refractivity contribution is 0.120. The number of benzene rings is 1. The molecule has 4 nitrogen and oxygen atoms in total. The summed E-state index contributed by atoms with van der Waals surface area (Å²) < 4.78 is 40.3. The molecule has 106 valence electrons. The van der Waals surface area contributed by atoms with E-state index in [0.717, 1.165) is 6.07 Å². The van der Waals surface area contributed by atoms with Gasteiger partial charge in [-0.05, 0) is 59.8 Å². The van der Waals surface area contributed by atoms with E-state index in [2.05, 4.69) is 20.7 Å². The fourth-order valence-corrected chi connectivity index (χ4v) is 3.69. The van der Waals surface area contributed by atoms with Crippen LogP contribution in [0.1, 0.15) is 25.7 Å². The molecule has 1 aromatic rings. The van der Waals surface area contributed by atoms with Crippen LogP contribution in [0.5, 0.6) is 0 Å². The summed E-state index contributed by atoms with van der Waals surface area (Å²) in [6, 6.07) is 3.52. The van der Waals surface area contributed by atoms with Crippen molar-refractivity contribution in [1.29, 1.82) is 0 Å². The van der Waals surface area contributed by atoms with Crippen LogP contribution in [0.25, 0.3) is 0 Å². The van der Waals surface area contributed by atoms with Gasteiger partial charge in [-0.1, -0.05) is 0 Å². The van der Waals surface area contributed by atoms with Gasteiger partial charge in [-0.15, -0.1) is 0 Å². The van der Waals surface area contributed by atoms with Crippen LogP contribution in [0, 0.1) is 5.82 Å². The first-order chi connectivity index (χ1) is 8.88. The first-order valence-electron chi connectivity index (χ1n) is 6.04. The highest BCUT2D eigenvalue weighted by atomic mass is 79.9. The lowest BCUT2D eigenvalue weighted by Crippen LogP contribution is -2.38. The number of sulfonamides is 1. The van der Waals surface area contributed by atoms with Gasteiger partial charge in [-0.3, -0.25) is 0 Å². The fourth-order valence-electron chi connectivity index (χ4n) is 2.13. The second-order valence-electron chi connectivity index (χ2n) is 4.70. The molecule has 0 amide bonds. The van der Waals surface area contributed by atoms with E-state index in [1.165, 1.54) is 12.1 Å². The highest BCUT2D eigenvalue weighted by Gasteiger charge is 2.25. The predicted octanol–water partition coefficient (Wildman–Crippen LogP) is 2.17. The maximum Gasteiger partial charge on any atom is 0.240 e. The van der Waals surface area contributed by atoms with E-state index in [-0.39, 0.29) is 21.5 Å². The van der Waals surface area contributed by atoms with Crippen LogP contribution in [0.4, 0.5) is 4.39 Å². The van der Waals surface area contributed by atoms with E-state index in [0.29, 0.717) is 25.7 Å². The Morgan fingerprint density at radius 2 is 1.89 bits per heavy atom. The Labute approximate surface area is 120 Å². The number of aliphatic hydroxyl groups excluding tert-OH is 1. The zero-order chi connectivity index (χ0) is 14.0. The first kappa shape index (κ1) is 14.9. The second-order valence-corrected chi connectivity index (χ2v) is 7.27. The molecule has 0 bridgehead atoms. The van der Waals surface area contributed by atoms with Crippen molar-refractivity contribution < 1.29 is 17.9 Å². The van der Waals surface area contributed by atoms with Crippen LogP contribution < -0.4 is 4.72 Å². The Hall–Kier alpha value is -0.500. The molecule has 0 spiro atoms. The summed E-state index contributed by atoms with van der Waals surface area (Å²) >= 11 is 2.98. The molecule has 7 heteroatoms. The molecule has 0 aliphatic heterocycles. The molecule has 0 unspecified atom stereocenters. The molecule has 1 aliphatic rings. The van der Waals surface area contributed by atoms with Crippen molar-refractivity contribution >= 4 is 26.0 Å². The van der Waals surface area contributed by atoms with Crippen LogP contribution in [0.3, 0.4) is 0 Å². The van der Waals surface area contributed by atoms with Crippen LogP contribution in [0.2, 0.25) is 0 Å². The Morgan fingerprint density at radius 1 is 1.26 bits per heavy atom. The van der Waals surface area contributed by atoms with Crippen LogP contribution in [-0.2, 0) is 10.0 Å². The van der Waals surface area contributed by atoms with Crippen molar-refractivity contribution in [2.45, 2.75) is 42.7 Å². The minimum Gasteiger partial charge on any atom is -0.393 e. The van der Waals surface area contributed by atoms with Gasteiger partial charge < -0.3 is 5.11 Å². The fraction of sp³-hybridized carbons (Fsp3) is 0.500. The second kappa shape index (κ2) is 5.87. The number of hydrogen-bond donors (Lipinski definition) is 2. The molecule has 2 rings (SSSR count). The summed E-state index contributed by atoms with van der Waals surface area (Å²) in [7, 11) is -3.71. The quantitative estimate of drug-likeness (QED) is 0.876. The Bertz CT molecular complexity index is 556. The molecule has 1 fully saturated rings. The highest BCUT2D eigenvalue weighted by molar-refractivity contribution is 9.10. The normalized spacial score (nSPS) is 24.4. The van der Waals surface area contributed by atoms with Crippen LogP contribution in [-0.4, -0.2) is 25.7 Å². The van der Waals surface area contributed by atoms with Gasteiger partial charge in [0, 0.05) is 6.04 Å². The summed E-state index contributed by atoms with van der Waals surface area (Å²) in [5.41, 5.74) is 0. The van der Waals surface area contributed by atoms with Crippen molar-refractivity contribution in [2.24, 2.45) is 0 Å². The summed E-state index contributed by atoms with van der Waals surface area (Å²) in [6.45, 7) is 0. The van der Waals surface area contributed by atoms with Crippen molar-refractivity contribution in [3.05, 3.63) is 28.5 Å². The van der Waals surface area contributed by atoms with Crippen molar-refractivity contribution in [2.75, 3.05) is 0 Å². The van der Waals surface area contributed by atoms with Gasteiger partial charge in [-0.25, -0.2) is 17.5 Å². The lowest BCUT2D eigenvalue weighted by atomic mass is 9.94. The molecule has 1 aromatic carbocycles. The molecule has 1 saturated carbocycles. The molecule has 0 radical (unpaired) electrons. The Balaban J connectivity index is 2.11. The summed E-state index contributed by atoms with van der Waals surface area (Å²) in [5, 5.41) is 9.38. The monoisotopic (exact) mass is 351 g/mol. The van der Waals surface area contributed by atoms with E-state index >= 15 is 0 Å². The van der Waals surface area contributed by atoms with Gasteiger partial charge in [-0.2, -0.15) is 0 Å². The third-order valence-corrected chi connectivity index (χ3v) is 5.38. The lowest BCUT2D eigenvalue weighted by Gasteiger charge is -2.25. The number of nitrogens with one attached hydrogen (secondary N) is 1. The molecule has 0 atom stereocenters. The smallest absolute Gasteiger partial charge is 0.240 e. The highest BCUT2D eigenvalue weighted by Crippen LogP contribution is 2.22. The van der Waals surface area contributed by atoms with E-state index in [1.807, 2.05) is 0 Å². The predicted molar refractivity (Wildman–Crippen MR) is 72.7 cm³/mol. The van der Waals surface area contributed by atoms with Gasteiger partial charge in [0.15, 0.2) is 0 Å². The number of halogens is 2. The molecule has 0 saturated heterocycles. The summed E-state index contributed by atoms with van der Waals surface area (Å²) in [5.74, 6) is -0.609. The third-order valence-electron chi connectivity index (χ3n) is 3.22. The molecule has 1 aliphatic carbocycles. The molecular weight excluding hydrogens is 337 g/mol. The third kappa shape index (κ3) is 3.75. The molecule has 0 aromatic heterocycles. The van der Waals surface area contributed by atoms with Gasteiger partial charge >= 0.3 is 0 Å². The maximum absolute atomic E-state index is 13.4. The van der Waals surface area contributed by atoms with Crippen LogP contribution >= 0.6 is 15.9 Å². The van der Waals surface area contributed by atoms with E-state index in [9.17, 15) is 17.9 Å². The van der Waals surface area contributed by atoms with Crippen molar-refractivity contribution in [3.8, 4) is 0 Å². The summed E-state index contributed by atoms with van der Waals surface area (Å²) in [6.07, 6.45) is 2.02. The minimum atomic E-state index is -3.71. The number of rotatable bonds is 3. The van der Waals surface area contributed by atoms with Gasteiger partial charge in [0.1, 0.15) is 5.82 Å². The van der Waals surface area contributed by atoms with Gasteiger partial charge in [0.05, 0.1) is 15.5 Å².